The summed E-state index contributed by atoms with van der Waals surface area (Å²) in [6.07, 6.45) is 1.01. The Morgan fingerprint density at radius 2 is 1.59 bits per heavy atom. The van der Waals surface area contributed by atoms with E-state index in [4.69, 9.17) is 4.42 Å². The van der Waals surface area contributed by atoms with Crippen LogP contribution in [0.25, 0.3) is 11.1 Å². The number of fused-ring (bicyclic) bond motifs is 2. The zero-order chi connectivity index (χ0) is 18.8. The fraction of sp³-hybridized carbons (Fsp3) is 0.348. The zero-order valence-corrected chi connectivity index (χ0v) is 15.9. The van der Waals surface area contributed by atoms with Crippen molar-refractivity contribution in [2.45, 2.75) is 53.6 Å². The summed E-state index contributed by atoms with van der Waals surface area (Å²) >= 11 is 0. The first-order valence-electron chi connectivity index (χ1n) is 9.05. The van der Waals surface area contributed by atoms with E-state index in [1.165, 1.54) is 16.9 Å². The molecule has 0 spiro atoms. The van der Waals surface area contributed by atoms with Gasteiger partial charge in [-0.05, 0) is 51.5 Å². The van der Waals surface area contributed by atoms with Crippen LogP contribution < -0.4 is 10.7 Å². The van der Waals surface area contributed by atoms with E-state index in [1.807, 2.05) is 32.0 Å². The fourth-order valence-electron chi connectivity index (χ4n) is 3.49. The van der Waals surface area contributed by atoms with E-state index in [2.05, 4.69) is 49.6 Å². The molecule has 2 aromatic carbocycles. The van der Waals surface area contributed by atoms with Gasteiger partial charge in [0.2, 0.25) is 0 Å². The second kappa shape index (κ2) is 8.30. The highest BCUT2D eigenvalue weighted by atomic mass is 16.4. The zero-order valence-electron chi connectivity index (χ0n) is 15.9. The normalized spacial score (nSPS) is 12.8. The Hall–Kier alpha value is -2.75. The number of hydrogen-bond acceptors (Lipinski definition) is 3. The molecule has 1 aromatic heterocycles. The Bertz CT molecular complexity index is 979. The Balaban J connectivity index is 0.000000187. The van der Waals surface area contributed by atoms with Crippen LogP contribution in [-0.4, -0.2) is 10.6 Å². The topological polar surface area (TPSA) is 38.4 Å². The van der Waals surface area contributed by atoms with Crippen molar-refractivity contribution in [3.05, 3.63) is 76.9 Å². The van der Waals surface area contributed by atoms with E-state index in [1.54, 1.807) is 10.6 Å². The number of hydrogen-bond donors (Lipinski definition) is 0. The van der Waals surface area contributed by atoms with Gasteiger partial charge >= 0.3 is 5.76 Å². The van der Waals surface area contributed by atoms with Crippen LogP contribution in [0.2, 0.25) is 0 Å². The molecule has 0 N–H and O–H groups in total. The highest BCUT2D eigenvalue weighted by Crippen LogP contribution is 2.34. The van der Waals surface area contributed by atoms with Crippen LogP contribution in [0.1, 0.15) is 46.7 Å². The second-order valence-electron chi connectivity index (χ2n) is 7.13. The summed E-state index contributed by atoms with van der Waals surface area (Å²) in [5.41, 5.74) is 5.48. The van der Waals surface area contributed by atoms with Crippen molar-refractivity contribution in [2.24, 2.45) is 0 Å². The van der Waals surface area contributed by atoms with Crippen molar-refractivity contribution >= 4 is 16.8 Å². The predicted molar refractivity (Wildman–Crippen MR) is 114 cm³/mol. The first-order chi connectivity index (χ1) is 12.4. The number of rotatable bonds is 2. The minimum absolute atomic E-state index is 0. The molecule has 3 aromatic rings. The molecular formula is C23H30N2O2. The molecule has 0 amide bonds. The summed E-state index contributed by atoms with van der Waals surface area (Å²) in [6, 6.07) is 16.6. The molecule has 0 saturated heterocycles. The lowest BCUT2D eigenvalue weighted by atomic mass is 10.1. The third-order valence-electron chi connectivity index (χ3n) is 4.54. The number of oxazole rings is 1. The van der Waals surface area contributed by atoms with Gasteiger partial charge in [0.05, 0.1) is 5.52 Å². The molecule has 1 aliphatic heterocycles. The third-order valence-corrected chi connectivity index (χ3v) is 4.54. The van der Waals surface area contributed by atoms with Crippen molar-refractivity contribution in [1.82, 2.24) is 4.57 Å². The minimum atomic E-state index is -0.281. The lowest BCUT2D eigenvalue weighted by Gasteiger charge is -2.25. The number of para-hydroxylation sites is 3. The van der Waals surface area contributed by atoms with E-state index in [-0.39, 0.29) is 19.2 Å². The molecule has 0 unspecified atom stereocenters. The molecule has 0 aliphatic carbocycles. The van der Waals surface area contributed by atoms with Crippen molar-refractivity contribution in [3.8, 4) is 0 Å². The Labute approximate surface area is 161 Å². The van der Waals surface area contributed by atoms with E-state index >= 15 is 0 Å². The van der Waals surface area contributed by atoms with Crippen molar-refractivity contribution in [1.29, 1.82) is 0 Å². The molecule has 0 bridgehead atoms. The number of benzene rings is 2. The average molecular weight is 367 g/mol. The molecular weight excluding hydrogens is 336 g/mol. The van der Waals surface area contributed by atoms with Gasteiger partial charge in [-0.2, -0.15) is 0 Å². The Morgan fingerprint density at radius 1 is 0.963 bits per heavy atom. The molecule has 144 valence electrons. The standard InChI is InChI=1S/C12H15N.C10H11NO2.CH4/c1-9(2)13-10(3)8-11-6-4-5-7-12(11)13;1-7(2)11-8-5-3-4-6-9(8)13-10(11)12;/h4-7,9H,3,8H2,1-2H3;3-7H,1-2H3;1H4. The van der Waals surface area contributed by atoms with Crippen LogP contribution in [0, 0.1) is 0 Å². The predicted octanol–water partition coefficient (Wildman–Crippen LogP) is 5.78. The maximum absolute atomic E-state index is 11.4. The van der Waals surface area contributed by atoms with Crippen LogP contribution in [0.5, 0.6) is 0 Å². The molecule has 27 heavy (non-hydrogen) atoms. The maximum Gasteiger partial charge on any atom is 0.420 e. The van der Waals surface area contributed by atoms with Crippen LogP contribution in [0.3, 0.4) is 0 Å². The average Bonchev–Trinajstić information content (AvgIpc) is 3.10. The van der Waals surface area contributed by atoms with Gasteiger partial charge in [-0.25, -0.2) is 4.79 Å². The van der Waals surface area contributed by atoms with Gasteiger partial charge in [-0.3, -0.25) is 4.57 Å². The van der Waals surface area contributed by atoms with E-state index in [0.29, 0.717) is 11.6 Å². The van der Waals surface area contributed by atoms with Crippen LogP contribution in [-0.2, 0) is 6.42 Å². The highest BCUT2D eigenvalue weighted by molar-refractivity contribution is 5.72. The summed E-state index contributed by atoms with van der Waals surface area (Å²) in [4.78, 5) is 13.7. The summed E-state index contributed by atoms with van der Waals surface area (Å²) in [7, 11) is 0. The van der Waals surface area contributed by atoms with Crippen LogP contribution in [0.15, 0.2) is 70.0 Å². The van der Waals surface area contributed by atoms with Gasteiger partial charge in [-0.15, -0.1) is 0 Å². The quantitative estimate of drug-likeness (QED) is 0.577. The van der Waals surface area contributed by atoms with Crippen molar-refractivity contribution < 1.29 is 4.42 Å². The lowest BCUT2D eigenvalue weighted by molar-refractivity contribution is 0.478. The van der Waals surface area contributed by atoms with Gasteiger partial charge in [-0.1, -0.05) is 44.3 Å². The van der Waals surface area contributed by atoms with Gasteiger partial charge < -0.3 is 9.32 Å². The maximum atomic E-state index is 11.4. The monoisotopic (exact) mass is 366 g/mol. The summed E-state index contributed by atoms with van der Waals surface area (Å²) in [5, 5.41) is 0. The summed E-state index contributed by atoms with van der Waals surface area (Å²) in [5.74, 6) is -0.281. The van der Waals surface area contributed by atoms with Crippen molar-refractivity contribution in [3.63, 3.8) is 0 Å². The minimum Gasteiger partial charge on any atom is -0.408 e. The molecule has 0 radical (unpaired) electrons. The second-order valence-corrected chi connectivity index (χ2v) is 7.13. The van der Waals surface area contributed by atoms with Gasteiger partial charge in [0, 0.05) is 29.9 Å². The number of allylic oxidation sites excluding steroid dienone is 1. The first kappa shape index (κ1) is 20.6. The molecule has 0 saturated carbocycles. The van der Waals surface area contributed by atoms with E-state index in [9.17, 15) is 4.79 Å². The van der Waals surface area contributed by atoms with E-state index < -0.39 is 0 Å². The van der Waals surface area contributed by atoms with Gasteiger partial charge in [0.1, 0.15) is 0 Å². The summed E-state index contributed by atoms with van der Waals surface area (Å²) in [6.45, 7) is 12.4. The molecule has 2 heterocycles. The number of nitrogens with zero attached hydrogens (tertiary/aromatic N) is 2. The molecule has 1 aliphatic rings. The Kier molecular flexibility index (Phi) is 6.32. The molecule has 0 atom stereocenters. The van der Waals surface area contributed by atoms with Crippen molar-refractivity contribution in [2.75, 3.05) is 4.90 Å². The largest absolute Gasteiger partial charge is 0.420 e. The van der Waals surface area contributed by atoms with Crippen LogP contribution >= 0.6 is 0 Å². The smallest absolute Gasteiger partial charge is 0.408 e. The van der Waals surface area contributed by atoms with Gasteiger partial charge in [0.15, 0.2) is 5.58 Å². The molecule has 4 heteroatoms. The van der Waals surface area contributed by atoms with Crippen LogP contribution in [0.4, 0.5) is 5.69 Å². The fourth-order valence-corrected chi connectivity index (χ4v) is 3.49. The van der Waals surface area contributed by atoms with E-state index in [0.717, 1.165) is 11.9 Å². The SMILES string of the molecule is C.C=C1Cc2ccccc2N1C(C)C.CC(C)n1c(=O)oc2ccccc21. The Morgan fingerprint density at radius 3 is 2.26 bits per heavy atom. The van der Waals surface area contributed by atoms with Gasteiger partial charge in [0.25, 0.3) is 0 Å². The number of anilines is 1. The number of aromatic nitrogens is 1. The highest BCUT2D eigenvalue weighted by Gasteiger charge is 2.23. The molecule has 4 nitrogen and oxygen atoms in total. The molecule has 0 fully saturated rings. The first-order valence-corrected chi connectivity index (χ1v) is 9.05. The third kappa shape index (κ3) is 4.00. The summed E-state index contributed by atoms with van der Waals surface area (Å²) < 4.78 is 6.72. The molecule has 4 rings (SSSR count). The lowest BCUT2D eigenvalue weighted by Crippen LogP contribution is -2.26.